The van der Waals surface area contributed by atoms with Gasteiger partial charge in [0.2, 0.25) is 0 Å². The van der Waals surface area contributed by atoms with E-state index >= 15 is 0 Å². The summed E-state index contributed by atoms with van der Waals surface area (Å²) in [5.41, 5.74) is -3.69. The van der Waals surface area contributed by atoms with E-state index < -0.39 is 46.5 Å². The van der Waals surface area contributed by atoms with Crippen molar-refractivity contribution in [3.63, 3.8) is 0 Å². The SMILES string of the molecule is Cc1nc(C(F)(F)F)c(C(=O)Nc2ccccc2-c2ccc(OC(F)(F)F)c(C(F)(F)F)c2)s1. The van der Waals surface area contributed by atoms with Crippen LogP contribution in [0, 0.1) is 6.92 Å². The van der Waals surface area contributed by atoms with E-state index in [2.05, 4.69) is 15.0 Å². The molecule has 1 aromatic heterocycles. The van der Waals surface area contributed by atoms with Gasteiger partial charge in [-0.25, -0.2) is 4.98 Å². The Labute approximate surface area is 189 Å². The van der Waals surface area contributed by atoms with Crippen LogP contribution in [0.2, 0.25) is 0 Å². The molecule has 0 fully saturated rings. The molecule has 0 unspecified atom stereocenters. The van der Waals surface area contributed by atoms with Gasteiger partial charge in [-0.2, -0.15) is 26.3 Å². The standard InChI is InChI=1S/C20H11F9N2O2S/c1-9-30-16(19(24,25)26)15(34-9)17(32)31-13-5-3-2-4-11(13)10-6-7-14(33-20(27,28)29)12(8-10)18(21,22)23/h2-8H,1H3,(H,31,32). The summed E-state index contributed by atoms with van der Waals surface area (Å²) in [5.74, 6) is -2.70. The van der Waals surface area contributed by atoms with Gasteiger partial charge < -0.3 is 10.1 Å². The molecule has 0 aliphatic rings. The molecule has 2 aromatic carbocycles. The van der Waals surface area contributed by atoms with Gasteiger partial charge >= 0.3 is 18.7 Å². The van der Waals surface area contributed by atoms with Crippen LogP contribution in [0.5, 0.6) is 5.75 Å². The van der Waals surface area contributed by atoms with Gasteiger partial charge in [0.1, 0.15) is 10.6 Å². The summed E-state index contributed by atoms with van der Waals surface area (Å²) in [7, 11) is 0. The quantitative estimate of drug-likeness (QED) is 0.372. The molecule has 1 N–H and O–H groups in total. The third-order valence-electron chi connectivity index (χ3n) is 4.21. The first-order chi connectivity index (χ1) is 15.6. The fourth-order valence-electron chi connectivity index (χ4n) is 2.93. The summed E-state index contributed by atoms with van der Waals surface area (Å²) in [4.78, 5) is 15.1. The summed E-state index contributed by atoms with van der Waals surface area (Å²) in [6.07, 6.45) is -15.5. The zero-order valence-corrected chi connectivity index (χ0v) is 17.4. The third-order valence-corrected chi connectivity index (χ3v) is 5.18. The second-order valence-electron chi connectivity index (χ2n) is 6.66. The van der Waals surface area contributed by atoms with Gasteiger partial charge in [0.15, 0.2) is 5.69 Å². The largest absolute Gasteiger partial charge is 0.573 e. The number of hydrogen-bond acceptors (Lipinski definition) is 4. The van der Waals surface area contributed by atoms with E-state index in [0.717, 1.165) is 6.07 Å². The van der Waals surface area contributed by atoms with Crippen LogP contribution in [0.4, 0.5) is 45.2 Å². The molecule has 0 aliphatic carbocycles. The van der Waals surface area contributed by atoms with Crippen molar-refractivity contribution in [2.24, 2.45) is 0 Å². The second-order valence-corrected chi connectivity index (χ2v) is 7.87. The summed E-state index contributed by atoms with van der Waals surface area (Å²) < 4.78 is 121. The number of aromatic nitrogens is 1. The van der Waals surface area contributed by atoms with Gasteiger partial charge in [-0.15, -0.1) is 24.5 Å². The fraction of sp³-hybridized carbons (Fsp3) is 0.200. The monoisotopic (exact) mass is 514 g/mol. The van der Waals surface area contributed by atoms with Crippen LogP contribution in [-0.2, 0) is 12.4 Å². The average Bonchev–Trinajstić information content (AvgIpc) is 3.09. The molecule has 0 radical (unpaired) electrons. The minimum atomic E-state index is -5.38. The maximum atomic E-state index is 13.4. The lowest BCUT2D eigenvalue weighted by molar-refractivity contribution is -0.276. The van der Waals surface area contributed by atoms with Crippen molar-refractivity contribution in [3.05, 3.63) is 63.6 Å². The molecule has 4 nitrogen and oxygen atoms in total. The molecule has 14 heteroatoms. The lowest BCUT2D eigenvalue weighted by atomic mass is 10.00. The van der Waals surface area contributed by atoms with E-state index in [4.69, 9.17) is 0 Å². The van der Waals surface area contributed by atoms with Crippen LogP contribution in [0.3, 0.4) is 0 Å². The number of aryl methyl sites for hydroxylation is 1. The molecular weight excluding hydrogens is 503 g/mol. The highest BCUT2D eigenvalue weighted by Crippen LogP contribution is 2.42. The van der Waals surface area contributed by atoms with E-state index in [-0.39, 0.29) is 21.8 Å². The summed E-state index contributed by atoms with van der Waals surface area (Å²) in [6, 6.07) is 6.88. The van der Waals surface area contributed by atoms with Crippen LogP contribution >= 0.6 is 11.3 Å². The van der Waals surface area contributed by atoms with Gasteiger partial charge in [0, 0.05) is 11.3 Å². The fourth-order valence-corrected chi connectivity index (χ4v) is 3.76. The molecule has 1 heterocycles. The van der Waals surface area contributed by atoms with Crippen LogP contribution in [0.25, 0.3) is 11.1 Å². The summed E-state index contributed by atoms with van der Waals surface area (Å²) in [5, 5.41) is 2.16. The third kappa shape index (κ3) is 5.79. The molecule has 1 amide bonds. The number of para-hydroxylation sites is 1. The number of hydrogen-bond donors (Lipinski definition) is 1. The van der Waals surface area contributed by atoms with Crippen molar-refractivity contribution in [1.29, 1.82) is 0 Å². The number of carbonyl (C=O) groups excluding carboxylic acids is 1. The van der Waals surface area contributed by atoms with Crippen molar-refractivity contribution in [1.82, 2.24) is 4.98 Å². The van der Waals surface area contributed by atoms with E-state index in [1.165, 1.54) is 31.2 Å². The van der Waals surface area contributed by atoms with E-state index in [1.54, 1.807) is 0 Å². The number of benzene rings is 2. The molecule has 0 atom stereocenters. The highest BCUT2D eigenvalue weighted by molar-refractivity contribution is 7.13. The predicted octanol–water partition coefficient (Wildman–Crippen LogP) is 7.31. The Kier molecular flexibility index (Phi) is 6.57. The first kappa shape index (κ1) is 25.3. The number of halogens is 9. The van der Waals surface area contributed by atoms with Gasteiger partial charge in [0.05, 0.1) is 10.6 Å². The number of ether oxygens (including phenoxy) is 1. The van der Waals surface area contributed by atoms with Crippen molar-refractivity contribution in [3.8, 4) is 16.9 Å². The zero-order valence-electron chi connectivity index (χ0n) is 16.6. The molecule has 0 spiro atoms. The Morgan fingerprint density at radius 3 is 2.18 bits per heavy atom. The van der Waals surface area contributed by atoms with E-state index in [0.29, 0.717) is 23.5 Å². The highest BCUT2D eigenvalue weighted by Gasteiger charge is 2.40. The van der Waals surface area contributed by atoms with E-state index in [9.17, 15) is 44.3 Å². The number of nitrogens with zero attached hydrogens (tertiary/aromatic N) is 1. The molecule has 0 bridgehead atoms. The Morgan fingerprint density at radius 1 is 0.941 bits per heavy atom. The Hall–Kier alpha value is -3.29. The Bertz CT molecular complexity index is 1210. The Balaban J connectivity index is 2.03. The average molecular weight is 514 g/mol. The summed E-state index contributed by atoms with van der Waals surface area (Å²) >= 11 is 0.468. The maximum Gasteiger partial charge on any atom is 0.573 e. The number of rotatable bonds is 4. The number of carbonyl (C=O) groups is 1. The lowest BCUT2D eigenvalue weighted by Crippen LogP contribution is -2.20. The van der Waals surface area contributed by atoms with Gasteiger partial charge in [-0.1, -0.05) is 24.3 Å². The smallest absolute Gasteiger partial charge is 0.405 e. The van der Waals surface area contributed by atoms with Crippen molar-refractivity contribution >= 4 is 22.9 Å². The number of amides is 1. The topological polar surface area (TPSA) is 51.2 Å². The van der Waals surface area contributed by atoms with Crippen LogP contribution in [0.1, 0.15) is 25.9 Å². The van der Waals surface area contributed by atoms with Gasteiger partial charge in [-0.05, 0) is 30.7 Å². The van der Waals surface area contributed by atoms with Crippen molar-refractivity contribution in [2.45, 2.75) is 25.6 Å². The minimum absolute atomic E-state index is 0.0409. The predicted molar refractivity (Wildman–Crippen MR) is 103 cm³/mol. The molecule has 34 heavy (non-hydrogen) atoms. The van der Waals surface area contributed by atoms with Crippen molar-refractivity contribution < 1.29 is 49.0 Å². The first-order valence-electron chi connectivity index (χ1n) is 8.98. The number of anilines is 1. The molecule has 182 valence electrons. The Morgan fingerprint density at radius 2 is 1.59 bits per heavy atom. The lowest BCUT2D eigenvalue weighted by Gasteiger charge is -2.17. The number of alkyl halides is 9. The molecule has 3 aromatic rings. The second kappa shape index (κ2) is 8.81. The highest BCUT2D eigenvalue weighted by atomic mass is 32.1. The maximum absolute atomic E-state index is 13.4. The number of nitrogens with one attached hydrogen (secondary N) is 1. The zero-order chi connectivity index (χ0) is 25.5. The van der Waals surface area contributed by atoms with Crippen molar-refractivity contribution in [2.75, 3.05) is 5.32 Å². The van der Waals surface area contributed by atoms with Crippen LogP contribution < -0.4 is 10.1 Å². The molecule has 0 aliphatic heterocycles. The molecule has 3 rings (SSSR count). The van der Waals surface area contributed by atoms with E-state index in [1.807, 2.05) is 0 Å². The normalized spacial score (nSPS) is 12.5. The first-order valence-corrected chi connectivity index (χ1v) is 9.80. The molecule has 0 saturated heterocycles. The minimum Gasteiger partial charge on any atom is -0.405 e. The molecule has 0 saturated carbocycles. The van der Waals surface area contributed by atoms with Gasteiger partial charge in [0.25, 0.3) is 5.91 Å². The van der Waals surface area contributed by atoms with Crippen LogP contribution in [-0.4, -0.2) is 17.3 Å². The number of thiazole rings is 1. The van der Waals surface area contributed by atoms with Gasteiger partial charge in [-0.3, -0.25) is 4.79 Å². The summed E-state index contributed by atoms with van der Waals surface area (Å²) in [6.45, 7) is 1.26. The molecular formula is C20H11F9N2O2S. The van der Waals surface area contributed by atoms with Crippen LogP contribution in [0.15, 0.2) is 42.5 Å².